The zero-order valence-electron chi connectivity index (χ0n) is 9.99. The van der Waals surface area contributed by atoms with E-state index in [4.69, 9.17) is 4.74 Å². The fraction of sp³-hybridized carbons (Fsp3) is 0.357. The lowest BCUT2D eigenvalue weighted by Crippen LogP contribution is -2.19. The third kappa shape index (κ3) is 1.62. The van der Waals surface area contributed by atoms with Crippen molar-refractivity contribution < 1.29 is 9.53 Å². The Kier molecular flexibility index (Phi) is 2.20. The highest BCUT2D eigenvalue weighted by Crippen LogP contribution is 2.39. The second-order valence-electron chi connectivity index (χ2n) is 4.72. The Morgan fingerprint density at radius 2 is 2.35 bits per heavy atom. The lowest BCUT2D eigenvalue weighted by atomic mass is 9.92. The van der Waals surface area contributed by atoms with Crippen LogP contribution in [0.3, 0.4) is 0 Å². The number of hydrogen-bond acceptors (Lipinski definition) is 3. The number of carbonyl (C=O) groups is 1. The summed E-state index contributed by atoms with van der Waals surface area (Å²) < 4.78 is 5.80. The number of carbonyl (C=O) groups excluding carboxylic acids is 1. The molecule has 87 valence electrons. The van der Waals surface area contributed by atoms with Crippen LogP contribution in [0.15, 0.2) is 23.9 Å². The summed E-state index contributed by atoms with van der Waals surface area (Å²) >= 11 is 0. The number of pyridine rings is 1. The van der Waals surface area contributed by atoms with E-state index in [-0.39, 0.29) is 11.4 Å². The molecule has 1 radical (unpaired) electrons. The van der Waals surface area contributed by atoms with E-state index in [1.54, 1.807) is 6.20 Å². The van der Waals surface area contributed by atoms with Crippen LogP contribution >= 0.6 is 0 Å². The van der Waals surface area contributed by atoms with E-state index in [1.165, 1.54) is 0 Å². The quantitative estimate of drug-likeness (QED) is 0.746. The van der Waals surface area contributed by atoms with Crippen molar-refractivity contribution in [2.45, 2.75) is 32.5 Å². The molecule has 1 aromatic heterocycles. The van der Waals surface area contributed by atoms with Crippen LogP contribution in [0.2, 0.25) is 0 Å². The molecule has 0 spiro atoms. The van der Waals surface area contributed by atoms with E-state index in [0.29, 0.717) is 12.3 Å². The molecule has 1 aliphatic carbocycles. The first-order chi connectivity index (χ1) is 8.14. The molecule has 0 N–H and O–H groups in total. The standard InChI is InChI=1S/C14H14NO2/c1-3-14(2)11-6-12(13(16)9-4-5-9)15-7-10(11)8-17-14/h4-7H,3,8H2,1-2H3. The van der Waals surface area contributed by atoms with Crippen molar-refractivity contribution in [2.24, 2.45) is 0 Å². The molecule has 2 heterocycles. The highest BCUT2D eigenvalue weighted by Gasteiger charge is 2.35. The first-order valence-corrected chi connectivity index (χ1v) is 5.87. The van der Waals surface area contributed by atoms with Gasteiger partial charge in [0.2, 0.25) is 5.78 Å². The van der Waals surface area contributed by atoms with E-state index in [0.717, 1.165) is 23.1 Å². The second-order valence-corrected chi connectivity index (χ2v) is 4.72. The van der Waals surface area contributed by atoms with E-state index in [1.807, 2.05) is 18.6 Å². The molecule has 0 aromatic carbocycles. The van der Waals surface area contributed by atoms with Crippen molar-refractivity contribution in [1.29, 1.82) is 0 Å². The molecule has 0 amide bonds. The summed E-state index contributed by atoms with van der Waals surface area (Å²) in [4.78, 5) is 16.1. The molecule has 0 fully saturated rings. The molecule has 0 bridgehead atoms. The maximum atomic E-state index is 11.9. The van der Waals surface area contributed by atoms with Crippen LogP contribution in [0.1, 0.15) is 41.9 Å². The van der Waals surface area contributed by atoms with Crippen molar-refractivity contribution in [3.05, 3.63) is 47.2 Å². The highest BCUT2D eigenvalue weighted by atomic mass is 16.5. The number of rotatable bonds is 3. The number of allylic oxidation sites excluding steroid dienone is 2. The minimum Gasteiger partial charge on any atom is -0.366 e. The van der Waals surface area contributed by atoms with Gasteiger partial charge in [0.05, 0.1) is 12.2 Å². The minimum absolute atomic E-state index is 0.0122. The second kappa shape index (κ2) is 3.50. The average Bonchev–Trinajstić information content (AvgIpc) is 3.15. The van der Waals surface area contributed by atoms with Gasteiger partial charge in [-0.25, -0.2) is 0 Å². The number of Topliss-reactive ketones (excluding diaryl/α,β-unsaturated/α-hetero) is 1. The van der Waals surface area contributed by atoms with Crippen molar-refractivity contribution in [3.63, 3.8) is 0 Å². The minimum atomic E-state index is -0.269. The predicted molar refractivity (Wildman–Crippen MR) is 63.4 cm³/mol. The Morgan fingerprint density at radius 3 is 3.00 bits per heavy atom. The normalized spacial score (nSPS) is 25.4. The molecular formula is C14H14NO2. The number of aromatic nitrogens is 1. The molecule has 1 aromatic rings. The first kappa shape index (κ1) is 10.7. The molecule has 1 aliphatic heterocycles. The van der Waals surface area contributed by atoms with Gasteiger partial charge in [0, 0.05) is 23.8 Å². The molecule has 17 heavy (non-hydrogen) atoms. The predicted octanol–water partition coefficient (Wildman–Crippen LogP) is 2.56. The largest absolute Gasteiger partial charge is 0.366 e. The summed E-state index contributed by atoms with van der Waals surface area (Å²) in [6, 6.07) is 1.89. The van der Waals surface area contributed by atoms with Crippen LogP contribution in [0.25, 0.3) is 0 Å². The molecule has 3 heteroatoms. The zero-order valence-corrected chi connectivity index (χ0v) is 9.99. The summed E-state index contributed by atoms with van der Waals surface area (Å²) in [6.45, 7) is 4.75. The maximum Gasteiger partial charge on any atom is 0.207 e. The topological polar surface area (TPSA) is 39.2 Å². The lowest BCUT2D eigenvalue weighted by molar-refractivity contribution is -0.0259. The van der Waals surface area contributed by atoms with Crippen LogP contribution in [0.4, 0.5) is 0 Å². The molecule has 0 saturated carbocycles. The van der Waals surface area contributed by atoms with E-state index in [9.17, 15) is 4.79 Å². The molecule has 3 nitrogen and oxygen atoms in total. The van der Waals surface area contributed by atoms with E-state index >= 15 is 0 Å². The van der Waals surface area contributed by atoms with Crippen molar-refractivity contribution in [1.82, 2.24) is 4.98 Å². The van der Waals surface area contributed by atoms with Crippen LogP contribution in [0.5, 0.6) is 0 Å². The number of hydrogen-bond donors (Lipinski definition) is 0. The zero-order chi connectivity index (χ0) is 12.0. The van der Waals surface area contributed by atoms with Gasteiger partial charge in [-0.05, 0) is 25.0 Å². The van der Waals surface area contributed by atoms with Crippen molar-refractivity contribution >= 4 is 5.78 Å². The Hall–Kier alpha value is -1.48. The van der Waals surface area contributed by atoms with Gasteiger partial charge in [-0.2, -0.15) is 0 Å². The summed E-state index contributed by atoms with van der Waals surface area (Å²) in [5, 5.41) is 0. The average molecular weight is 228 g/mol. The fourth-order valence-corrected chi connectivity index (χ4v) is 2.16. The van der Waals surface area contributed by atoms with Crippen molar-refractivity contribution in [3.8, 4) is 0 Å². The number of ether oxygens (including phenoxy) is 1. The summed E-state index contributed by atoms with van der Waals surface area (Å²) in [6.07, 6.45) is 6.29. The monoisotopic (exact) mass is 228 g/mol. The van der Waals surface area contributed by atoms with Gasteiger partial charge in [-0.3, -0.25) is 9.78 Å². The SMILES string of the molecule is CCC1(C)OCc2cnc(C(=O)C3=C[CH]3)cc21. The van der Waals surface area contributed by atoms with E-state index < -0.39 is 0 Å². The molecular weight excluding hydrogens is 214 g/mol. The lowest BCUT2D eigenvalue weighted by Gasteiger charge is -2.22. The third-order valence-corrected chi connectivity index (χ3v) is 3.61. The first-order valence-electron chi connectivity index (χ1n) is 5.87. The van der Waals surface area contributed by atoms with Gasteiger partial charge in [-0.1, -0.05) is 13.0 Å². The van der Waals surface area contributed by atoms with Crippen LogP contribution in [-0.2, 0) is 16.9 Å². The number of nitrogens with zero attached hydrogens (tertiary/aromatic N) is 1. The van der Waals surface area contributed by atoms with Gasteiger partial charge in [-0.15, -0.1) is 0 Å². The summed E-state index contributed by atoms with van der Waals surface area (Å²) in [5.74, 6) is 0.0122. The van der Waals surface area contributed by atoms with Gasteiger partial charge in [0.25, 0.3) is 0 Å². The molecule has 2 aliphatic rings. The summed E-state index contributed by atoms with van der Waals surface area (Å²) in [7, 11) is 0. The van der Waals surface area contributed by atoms with Gasteiger partial charge >= 0.3 is 0 Å². The fourth-order valence-electron chi connectivity index (χ4n) is 2.16. The Labute approximate surface area is 101 Å². The van der Waals surface area contributed by atoms with Crippen LogP contribution in [-0.4, -0.2) is 10.8 Å². The Balaban J connectivity index is 2.03. The Bertz CT molecular complexity index is 533. The maximum absolute atomic E-state index is 11.9. The third-order valence-electron chi connectivity index (χ3n) is 3.61. The highest BCUT2D eigenvalue weighted by molar-refractivity contribution is 6.12. The van der Waals surface area contributed by atoms with Gasteiger partial charge in [0.15, 0.2) is 0 Å². The molecule has 0 saturated heterocycles. The number of ketones is 1. The van der Waals surface area contributed by atoms with Crippen molar-refractivity contribution in [2.75, 3.05) is 0 Å². The van der Waals surface area contributed by atoms with Crippen LogP contribution in [0, 0.1) is 6.42 Å². The van der Waals surface area contributed by atoms with Gasteiger partial charge in [0.1, 0.15) is 5.69 Å². The molecule has 3 rings (SSSR count). The molecule has 1 unspecified atom stereocenters. The summed E-state index contributed by atoms with van der Waals surface area (Å²) in [5.41, 5.74) is 3.22. The number of fused-ring (bicyclic) bond motifs is 1. The van der Waals surface area contributed by atoms with Crippen LogP contribution < -0.4 is 0 Å². The Morgan fingerprint density at radius 1 is 1.59 bits per heavy atom. The van der Waals surface area contributed by atoms with Gasteiger partial charge < -0.3 is 4.74 Å². The molecule has 1 atom stereocenters. The smallest absolute Gasteiger partial charge is 0.207 e. The van der Waals surface area contributed by atoms with E-state index in [2.05, 4.69) is 18.8 Å².